The van der Waals surface area contributed by atoms with Gasteiger partial charge in [0, 0.05) is 11.3 Å². The van der Waals surface area contributed by atoms with Crippen molar-refractivity contribution in [3.8, 4) is 11.5 Å². The van der Waals surface area contributed by atoms with Crippen molar-refractivity contribution in [2.45, 2.75) is 26.8 Å². The standard InChI is InChI=1S/C16H20N2O3/c1-5-13-11(2)9-17-18(13)10-14(19)12-6-7-15(20-3)16(8-12)21-4/h6-9H,5,10H2,1-4H3. The molecule has 2 rings (SSSR count). The fraction of sp³-hybridized carbons (Fsp3) is 0.375. The summed E-state index contributed by atoms with van der Waals surface area (Å²) in [6.45, 7) is 4.29. The summed E-state index contributed by atoms with van der Waals surface area (Å²) in [5.74, 6) is 1.16. The van der Waals surface area contributed by atoms with Gasteiger partial charge >= 0.3 is 0 Å². The summed E-state index contributed by atoms with van der Waals surface area (Å²) in [7, 11) is 3.12. The summed E-state index contributed by atoms with van der Waals surface area (Å²) < 4.78 is 12.2. The van der Waals surface area contributed by atoms with Gasteiger partial charge in [-0.05, 0) is 37.1 Å². The zero-order valence-corrected chi connectivity index (χ0v) is 12.8. The number of benzene rings is 1. The van der Waals surface area contributed by atoms with Crippen LogP contribution < -0.4 is 9.47 Å². The molecule has 0 unspecified atom stereocenters. The van der Waals surface area contributed by atoms with Gasteiger partial charge in [0.2, 0.25) is 0 Å². The lowest BCUT2D eigenvalue weighted by atomic mass is 10.1. The first-order chi connectivity index (χ1) is 10.1. The molecular formula is C16H20N2O3. The monoisotopic (exact) mass is 288 g/mol. The topological polar surface area (TPSA) is 53.4 Å². The fourth-order valence-electron chi connectivity index (χ4n) is 2.34. The highest BCUT2D eigenvalue weighted by molar-refractivity contribution is 5.96. The average Bonchev–Trinajstić information content (AvgIpc) is 2.86. The summed E-state index contributed by atoms with van der Waals surface area (Å²) >= 11 is 0. The van der Waals surface area contributed by atoms with Gasteiger partial charge in [0.1, 0.15) is 6.54 Å². The lowest BCUT2D eigenvalue weighted by Crippen LogP contribution is -2.14. The lowest BCUT2D eigenvalue weighted by Gasteiger charge is -2.10. The third-order valence-corrected chi connectivity index (χ3v) is 3.49. The molecule has 5 nitrogen and oxygen atoms in total. The summed E-state index contributed by atoms with van der Waals surface area (Å²) in [5.41, 5.74) is 2.78. The van der Waals surface area contributed by atoms with Crippen molar-refractivity contribution in [3.05, 3.63) is 41.2 Å². The lowest BCUT2D eigenvalue weighted by molar-refractivity contribution is 0.0966. The molecule has 21 heavy (non-hydrogen) atoms. The Hall–Kier alpha value is -2.30. The minimum atomic E-state index is -0.00578. The first-order valence-corrected chi connectivity index (χ1v) is 6.87. The third kappa shape index (κ3) is 3.07. The molecule has 1 aromatic heterocycles. The van der Waals surface area contributed by atoms with E-state index in [1.165, 1.54) is 0 Å². The number of aryl methyl sites for hydroxylation is 1. The second kappa shape index (κ2) is 6.43. The normalized spacial score (nSPS) is 10.5. The van der Waals surface area contributed by atoms with E-state index in [0.717, 1.165) is 17.7 Å². The third-order valence-electron chi connectivity index (χ3n) is 3.49. The van der Waals surface area contributed by atoms with E-state index in [-0.39, 0.29) is 12.3 Å². The Labute approximate surface area is 124 Å². The van der Waals surface area contributed by atoms with Crippen molar-refractivity contribution in [2.75, 3.05) is 14.2 Å². The highest BCUT2D eigenvalue weighted by Gasteiger charge is 2.14. The number of ether oxygens (including phenoxy) is 2. The van der Waals surface area contributed by atoms with E-state index in [4.69, 9.17) is 9.47 Å². The minimum absolute atomic E-state index is 0.00578. The molecule has 0 N–H and O–H groups in total. The summed E-state index contributed by atoms with van der Waals surface area (Å²) in [6, 6.07) is 5.18. The second-order valence-electron chi connectivity index (χ2n) is 4.78. The largest absolute Gasteiger partial charge is 0.493 e. The number of hydrogen-bond acceptors (Lipinski definition) is 4. The minimum Gasteiger partial charge on any atom is -0.493 e. The molecule has 1 heterocycles. The molecule has 2 aromatic rings. The van der Waals surface area contributed by atoms with Crippen molar-refractivity contribution in [1.29, 1.82) is 0 Å². The molecule has 0 aliphatic rings. The van der Waals surface area contributed by atoms with Gasteiger partial charge in [0.05, 0.1) is 20.4 Å². The first kappa shape index (κ1) is 15.1. The Morgan fingerprint density at radius 1 is 1.24 bits per heavy atom. The molecular weight excluding hydrogens is 268 g/mol. The Balaban J connectivity index is 2.24. The molecule has 0 radical (unpaired) electrons. The van der Waals surface area contributed by atoms with Gasteiger partial charge in [-0.15, -0.1) is 0 Å². The van der Waals surface area contributed by atoms with Crippen LogP contribution in [-0.2, 0) is 13.0 Å². The number of hydrogen-bond donors (Lipinski definition) is 0. The van der Waals surface area contributed by atoms with Crippen LogP contribution in [0.15, 0.2) is 24.4 Å². The molecule has 0 amide bonds. The van der Waals surface area contributed by atoms with Crippen molar-refractivity contribution in [1.82, 2.24) is 9.78 Å². The van der Waals surface area contributed by atoms with Crippen LogP contribution in [0.25, 0.3) is 0 Å². The van der Waals surface area contributed by atoms with E-state index >= 15 is 0 Å². The van der Waals surface area contributed by atoms with E-state index in [1.807, 2.05) is 6.92 Å². The van der Waals surface area contributed by atoms with Crippen LogP contribution in [0.3, 0.4) is 0 Å². The highest BCUT2D eigenvalue weighted by atomic mass is 16.5. The number of rotatable bonds is 6. The number of carbonyl (C=O) groups excluding carboxylic acids is 1. The molecule has 0 fully saturated rings. The Morgan fingerprint density at radius 3 is 2.57 bits per heavy atom. The van der Waals surface area contributed by atoms with Crippen LogP contribution in [0.5, 0.6) is 11.5 Å². The van der Waals surface area contributed by atoms with Crippen molar-refractivity contribution < 1.29 is 14.3 Å². The highest BCUT2D eigenvalue weighted by Crippen LogP contribution is 2.27. The average molecular weight is 288 g/mol. The van der Waals surface area contributed by atoms with E-state index in [0.29, 0.717) is 17.1 Å². The van der Waals surface area contributed by atoms with Gasteiger partial charge in [0.25, 0.3) is 0 Å². The summed E-state index contributed by atoms with van der Waals surface area (Å²) in [6.07, 6.45) is 2.64. The van der Waals surface area contributed by atoms with Crippen LogP contribution in [-0.4, -0.2) is 29.8 Å². The van der Waals surface area contributed by atoms with Crippen molar-refractivity contribution in [2.24, 2.45) is 0 Å². The van der Waals surface area contributed by atoms with Crippen LogP contribution in [0.4, 0.5) is 0 Å². The van der Waals surface area contributed by atoms with Gasteiger partial charge in [-0.2, -0.15) is 5.10 Å². The molecule has 5 heteroatoms. The SMILES string of the molecule is CCc1c(C)cnn1CC(=O)c1ccc(OC)c(OC)c1. The molecule has 0 bridgehead atoms. The van der Waals surface area contributed by atoms with Crippen LogP contribution in [0.1, 0.15) is 28.5 Å². The quantitative estimate of drug-likeness (QED) is 0.767. The Morgan fingerprint density at radius 2 is 1.95 bits per heavy atom. The van der Waals surface area contributed by atoms with Gasteiger partial charge in [0.15, 0.2) is 17.3 Å². The maximum atomic E-state index is 12.4. The van der Waals surface area contributed by atoms with Crippen LogP contribution in [0, 0.1) is 6.92 Å². The van der Waals surface area contributed by atoms with Gasteiger partial charge in [-0.1, -0.05) is 6.92 Å². The van der Waals surface area contributed by atoms with E-state index in [1.54, 1.807) is 43.3 Å². The van der Waals surface area contributed by atoms with Crippen molar-refractivity contribution >= 4 is 5.78 Å². The van der Waals surface area contributed by atoms with Crippen LogP contribution >= 0.6 is 0 Å². The zero-order valence-electron chi connectivity index (χ0n) is 12.8. The first-order valence-electron chi connectivity index (χ1n) is 6.87. The van der Waals surface area contributed by atoms with Gasteiger partial charge in [-0.3, -0.25) is 9.48 Å². The van der Waals surface area contributed by atoms with Gasteiger partial charge in [-0.25, -0.2) is 0 Å². The smallest absolute Gasteiger partial charge is 0.184 e. The summed E-state index contributed by atoms with van der Waals surface area (Å²) in [4.78, 5) is 12.4. The molecule has 0 saturated heterocycles. The molecule has 112 valence electrons. The molecule has 0 aliphatic carbocycles. The molecule has 0 atom stereocenters. The maximum Gasteiger partial charge on any atom is 0.184 e. The predicted molar refractivity (Wildman–Crippen MR) is 80.2 cm³/mol. The molecule has 0 spiro atoms. The second-order valence-corrected chi connectivity index (χ2v) is 4.78. The van der Waals surface area contributed by atoms with E-state index in [2.05, 4.69) is 12.0 Å². The molecule has 0 saturated carbocycles. The molecule has 1 aromatic carbocycles. The number of nitrogens with zero attached hydrogens (tertiary/aromatic N) is 2. The predicted octanol–water partition coefficient (Wildman–Crippen LogP) is 2.65. The Bertz CT molecular complexity index is 647. The van der Waals surface area contributed by atoms with Crippen LogP contribution in [0.2, 0.25) is 0 Å². The molecule has 0 aliphatic heterocycles. The fourth-order valence-corrected chi connectivity index (χ4v) is 2.34. The number of Topliss-reactive ketones (excluding diaryl/α,β-unsaturated/α-hetero) is 1. The number of ketones is 1. The summed E-state index contributed by atoms with van der Waals surface area (Å²) in [5, 5.41) is 4.27. The van der Waals surface area contributed by atoms with Gasteiger partial charge < -0.3 is 9.47 Å². The van der Waals surface area contributed by atoms with Crippen molar-refractivity contribution in [3.63, 3.8) is 0 Å². The van der Waals surface area contributed by atoms with E-state index < -0.39 is 0 Å². The number of carbonyl (C=O) groups is 1. The Kier molecular flexibility index (Phi) is 4.62. The number of methoxy groups -OCH3 is 2. The zero-order chi connectivity index (χ0) is 15.4. The number of aromatic nitrogens is 2. The maximum absolute atomic E-state index is 12.4. The van der Waals surface area contributed by atoms with E-state index in [9.17, 15) is 4.79 Å².